The molecule has 4 aliphatic rings. The number of ether oxygens (including phenoxy) is 2. The van der Waals surface area contributed by atoms with Crippen LogP contribution >= 0.6 is 0 Å². The van der Waals surface area contributed by atoms with Gasteiger partial charge in [0, 0.05) is 79.5 Å². The first-order chi connectivity index (χ1) is 34.3. The smallest absolute Gasteiger partial charge is 0.419 e. The van der Waals surface area contributed by atoms with Crippen LogP contribution in [0.2, 0.25) is 25.7 Å². The van der Waals surface area contributed by atoms with E-state index in [9.17, 15) is 24.0 Å². The highest BCUT2D eigenvalue weighted by atomic mass is 28.3. The van der Waals surface area contributed by atoms with E-state index in [4.69, 9.17) is 14.6 Å². The van der Waals surface area contributed by atoms with Crippen molar-refractivity contribution in [2.75, 3.05) is 32.2 Å². The van der Waals surface area contributed by atoms with E-state index in [2.05, 4.69) is 58.4 Å². The Morgan fingerprint density at radius 2 is 1.74 bits per heavy atom. The van der Waals surface area contributed by atoms with Gasteiger partial charge < -0.3 is 19.7 Å². The fourth-order valence-corrected chi connectivity index (χ4v) is 11.7. The number of nitrogens with one attached hydrogen (secondary N) is 1. The summed E-state index contributed by atoms with van der Waals surface area (Å²) in [4.78, 5) is 77.3. The maximum atomic E-state index is 13.9. The second-order valence-electron chi connectivity index (χ2n) is 22.6. The Morgan fingerprint density at radius 3 is 2.47 bits per heavy atom. The summed E-state index contributed by atoms with van der Waals surface area (Å²) in [5.41, 5.74) is 5.39. The van der Waals surface area contributed by atoms with E-state index in [0.29, 0.717) is 48.0 Å². The van der Waals surface area contributed by atoms with Crippen molar-refractivity contribution < 1.29 is 33.4 Å². The Kier molecular flexibility index (Phi) is 14.6. The molecule has 2 atom stereocenters. The van der Waals surface area contributed by atoms with Crippen LogP contribution in [0.5, 0.6) is 0 Å². The summed E-state index contributed by atoms with van der Waals surface area (Å²) in [6.07, 6.45) is 10.6. The first-order valence-corrected chi connectivity index (χ1v) is 29.6. The van der Waals surface area contributed by atoms with Gasteiger partial charge in [0.05, 0.1) is 28.8 Å². The summed E-state index contributed by atoms with van der Waals surface area (Å²) in [5.74, 6) is 6.54. The minimum Gasteiger partial charge on any atom is -0.443 e. The predicted molar refractivity (Wildman–Crippen MR) is 280 cm³/mol. The summed E-state index contributed by atoms with van der Waals surface area (Å²) in [6, 6.07) is 15.6. The number of rotatable bonds is 13. The summed E-state index contributed by atoms with van der Waals surface area (Å²) in [5, 5.41) is 9.82. The molecule has 3 fully saturated rings. The maximum Gasteiger partial charge on any atom is 0.419 e. The molecule has 5 aromatic rings. The monoisotopic (exact) mass is 995 g/mol. The number of likely N-dealkylation sites (tertiary alicyclic amines) is 2. The van der Waals surface area contributed by atoms with Crippen LogP contribution in [0, 0.1) is 24.7 Å². The molecule has 6 heterocycles. The van der Waals surface area contributed by atoms with Crippen molar-refractivity contribution in [1.82, 2.24) is 34.0 Å². The maximum absolute atomic E-state index is 13.9. The van der Waals surface area contributed by atoms with Crippen LogP contribution in [-0.2, 0) is 25.6 Å². The largest absolute Gasteiger partial charge is 0.443 e. The number of carbonyl (C=O) groups is 5. The molecule has 1 aliphatic carbocycles. The lowest BCUT2D eigenvalue weighted by Crippen LogP contribution is -2.55. The van der Waals surface area contributed by atoms with Gasteiger partial charge >= 0.3 is 6.09 Å². The molecule has 0 spiro atoms. The number of pyridine rings is 1. The number of aromatic nitrogens is 4. The van der Waals surface area contributed by atoms with E-state index >= 15 is 0 Å². The van der Waals surface area contributed by atoms with E-state index in [1.54, 1.807) is 27.8 Å². The van der Waals surface area contributed by atoms with Crippen LogP contribution in [-0.4, -0.2) is 110 Å². The van der Waals surface area contributed by atoms with Crippen molar-refractivity contribution in [1.29, 1.82) is 0 Å². The van der Waals surface area contributed by atoms with Gasteiger partial charge in [-0.05, 0) is 147 Å². The Hall–Kier alpha value is -6.15. The Balaban J connectivity index is 0.793. The standard InChI is InChI=1S/C56H70N8O7Si/c1-36-42-24-21-39(52(66)58-50-32-47-40(33-57-50)31-49(45-18-13-27-60(45)5)63(47)55(69)71-56(2,3)4)30-48(42)64(59-36)41-22-19-37(20-23-41)14-10-9-11-15-38-16-12-17-43-44(38)34-61(53(43)67)46-25-26-51(65)62(54(46)68)35-70-28-29-72(6,7)8/h12,16-17,21,24,30-33,37,41,45-46H,9-10,13-14,18-20,22-23,25-29,34-35H2,1-8H3,(H,57,58,66)/t37?,41?,45-,46?/m1/s1. The second kappa shape index (κ2) is 20.8. The minimum atomic E-state index is -1.33. The molecule has 9 rings (SSSR count). The number of fused-ring (bicyclic) bond motifs is 3. The number of piperidine rings is 1. The number of hydrogen-bond donors (Lipinski definition) is 1. The van der Waals surface area contributed by atoms with Crippen molar-refractivity contribution in [3.63, 3.8) is 0 Å². The number of nitrogens with zero attached hydrogens (tertiary/aromatic N) is 7. The van der Waals surface area contributed by atoms with Gasteiger partial charge in [0.25, 0.3) is 17.7 Å². The number of imide groups is 1. The normalized spacial score (nSPS) is 20.9. The third-order valence-electron chi connectivity index (χ3n) is 14.9. The van der Waals surface area contributed by atoms with Gasteiger partial charge in [-0.1, -0.05) is 43.6 Å². The van der Waals surface area contributed by atoms with Crippen molar-refractivity contribution in [2.24, 2.45) is 5.92 Å². The highest BCUT2D eigenvalue weighted by molar-refractivity contribution is 6.76. The van der Waals surface area contributed by atoms with Crippen molar-refractivity contribution in [2.45, 2.75) is 154 Å². The number of anilines is 1. The summed E-state index contributed by atoms with van der Waals surface area (Å²) < 4.78 is 15.4. The Bertz CT molecular complexity index is 2980. The van der Waals surface area contributed by atoms with Gasteiger partial charge in [0.2, 0.25) is 5.91 Å². The number of unbranched alkanes of at least 4 members (excludes halogenated alkanes) is 1. The zero-order chi connectivity index (χ0) is 51.1. The molecule has 0 bridgehead atoms. The number of carbonyl (C=O) groups excluding carboxylic acids is 5. The van der Waals surface area contributed by atoms with Crippen LogP contribution in [0.3, 0.4) is 0 Å². The zero-order valence-electron chi connectivity index (χ0n) is 43.3. The molecular weight excluding hydrogens is 925 g/mol. The van der Waals surface area contributed by atoms with Gasteiger partial charge in [-0.3, -0.25) is 33.7 Å². The molecule has 3 aromatic heterocycles. The Morgan fingerprint density at radius 1 is 0.944 bits per heavy atom. The minimum absolute atomic E-state index is 0.0666. The van der Waals surface area contributed by atoms with Gasteiger partial charge in [0.1, 0.15) is 24.2 Å². The predicted octanol–water partition coefficient (Wildman–Crippen LogP) is 10.2. The van der Waals surface area contributed by atoms with Gasteiger partial charge in [-0.2, -0.15) is 5.10 Å². The SMILES string of the molecule is Cc1nn(C2CCC(CCCC#Cc3cccc4c3CN(C3CCC(=O)N(COCC[Si](C)(C)C)C3=O)C4=O)CC2)c2cc(C(=O)Nc3cc4c(cn3)cc([C@H]3CCCN3C)n4C(=O)OC(C)(C)C)ccc12. The average Bonchev–Trinajstić information content (AvgIpc) is 4.10. The molecule has 380 valence electrons. The summed E-state index contributed by atoms with van der Waals surface area (Å²) in [7, 11) is 0.744. The van der Waals surface area contributed by atoms with Crippen LogP contribution in [0.1, 0.15) is 147 Å². The van der Waals surface area contributed by atoms with Crippen LogP contribution in [0.15, 0.2) is 54.7 Å². The van der Waals surface area contributed by atoms with E-state index in [1.165, 1.54) is 4.90 Å². The molecule has 1 unspecified atom stereocenters. The molecule has 4 amide bonds. The molecule has 2 aromatic carbocycles. The summed E-state index contributed by atoms with van der Waals surface area (Å²) >= 11 is 0. The summed E-state index contributed by atoms with van der Waals surface area (Å²) in [6.45, 7) is 16.0. The molecule has 3 aliphatic heterocycles. The third-order valence-corrected chi connectivity index (χ3v) is 16.6. The van der Waals surface area contributed by atoms with E-state index in [1.807, 2.05) is 64.1 Å². The number of aryl methyl sites for hydroxylation is 1. The highest BCUT2D eigenvalue weighted by Gasteiger charge is 2.43. The van der Waals surface area contributed by atoms with Crippen molar-refractivity contribution >= 4 is 65.4 Å². The van der Waals surface area contributed by atoms with Gasteiger partial charge in [-0.15, -0.1) is 0 Å². The fourth-order valence-electron chi connectivity index (χ4n) is 11.0. The van der Waals surface area contributed by atoms with E-state index in [0.717, 1.165) is 109 Å². The highest BCUT2D eigenvalue weighted by Crippen LogP contribution is 2.38. The second-order valence-corrected chi connectivity index (χ2v) is 28.2. The first kappa shape index (κ1) is 50.8. The van der Waals surface area contributed by atoms with Crippen LogP contribution in [0.25, 0.3) is 21.8 Å². The molecule has 0 radical (unpaired) electrons. The van der Waals surface area contributed by atoms with Gasteiger partial charge in [-0.25, -0.2) is 14.3 Å². The molecule has 2 saturated heterocycles. The average molecular weight is 995 g/mol. The lowest BCUT2D eigenvalue weighted by Gasteiger charge is -2.35. The first-order valence-electron chi connectivity index (χ1n) is 25.9. The van der Waals surface area contributed by atoms with Crippen LogP contribution < -0.4 is 5.32 Å². The number of amides is 4. The topological polar surface area (TPSA) is 161 Å². The lowest BCUT2D eigenvalue weighted by molar-refractivity contribution is -0.158. The Labute approximate surface area is 424 Å². The molecule has 15 nitrogen and oxygen atoms in total. The molecule has 1 saturated carbocycles. The van der Waals surface area contributed by atoms with Crippen molar-refractivity contribution in [3.05, 3.63) is 88.4 Å². The van der Waals surface area contributed by atoms with Gasteiger partial charge in [0.15, 0.2) is 0 Å². The fraction of sp³-hybridized carbons (Fsp3) is 0.518. The molecule has 16 heteroatoms. The molecule has 72 heavy (non-hydrogen) atoms. The number of benzene rings is 2. The lowest BCUT2D eigenvalue weighted by atomic mass is 9.83. The molecular formula is C56H70N8O7Si. The molecule has 1 N–H and O–H groups in total. The third kappa shape index (κ3) is 10.9. The van der Waals surface area contributed by atoms with E-state index in [-0.39, 0.29) is 48.9 Å². The van der Waals surface area contributed by atoms with Crippen molar-refractivity contribution in [3.8, 4) is 11.8 Å². The van der Waals surface area contributed by atoms with E-state index < -0.39 is 25.8 Å². The number of hydrogen-bond acceptors (Lipinski definition) is 10. The zero-order valence-corrected chi connectivity index (χ0v) is 44.3. The quantitative estimate of drug-likeness (QED) is 0.0520. The van der Waals surface area contributed by atoms with Crippen LogP contribution in [0.4, 0.5) is 10.6 Å².